The molecule has 20 heavy (non-hydrogen) atoms. The first-order chi connectivity index (χ1) is 9.06. The Morgan fingerprint density at radius 2 is 2.05 bits per heavy atom. The Balaban J connectivity index is 0.00000147. The molecular formula is C13H15Cl3N2O2. The van der Waals surface area contributed by atoms with E-state index in [2.05, 4.69) is 10.3 Å². The van der Waals surface area contributed by atoms with Gasteiger partial charge in [0.1, 0.15) is 23.0 Å². The second-order valence-electron chi connectivity index (χ2n) is 5.37. The predicted molar refractivity (Wildman–Crippen MR) is 79.4 cm³/mol. The van der Waals surface area contributed by atoms with E-state index in [9.17, 15) is 4.79 Å². The Labute approximate surface area is 133 Å². The smallest absolute Gasteiger partial charge is 0.323 e. The second kappa shape index (κ2) is 6.06. The number of rotatable bonds is 3. The number of esters is 1. The van der Waals surface area contributed by atoms with Crippen molar-refractivity contribution in [1.29, 1.82) is 0 Å². The van der Waals surface area contributed by atoms with Gasteiger partial charge >= 0.3 is 5.97 Å². The molecule has 0 unspecified atom stereocenters. The van der Waals surface area contributed by atoms with Crippen LogP contribution in [-0.4, -0.2) is 23.5 Å². The van der Waals surface area contributed by atoms with Gasteiger partial charge in [-0.1, -0.05) is 23.2 Å². The summed E-state index contributed by atoms with van der Waals surface area (Å²) in [7, 11) is 0. The molecule has 4 nitrogen and oxygen atoms in total. The second-order valence-corrected chi connectivity index (χ2v) is 6.14. The molecule has 0 aromatic carbocycles. The van der Waals surface area contributed by atoms with Gasteiger partial charge < -0.3 is 10.1 Å². The van der Waals surface area contributed by atoms with Gasteiger partial charge in [-0.15, -0.1) is 12.4 Å². The van der Waals surface area contributed by atoms with Crippen molar-refractivity contribution in [2.24, 2.45) is 5.41 Å². The number of aromatic nitrogens is 1. The van der Waals surface area contributed by atoms with Gasteiger partial charge in [0, 0.05) is 6.54 Å². The van der Waals surface area contributed by atoms with Gasteiger partial charge in [0.25, 0.3) is 0 Å². The Hall–Kier alpha value is -0.550. The number of halogens is 3. The number of hydrogen-bond acceptors (Lipinski definition) is 4. The van der Waals surface area contributed by atoms with Gasteiger partial charge in [-0.05, 0) is 42.4 Å². The molecule has 1 N–H and O–H groups in total. The maximum absolute atomic E-state index is 11.9. The van der Waals surface area contributed by atoms with E-state index in [1.165, 1.54) is 12.8 Å². The van der Waals surface area contributed by atoms with E-state index >= 15 is 0 Å². The molecule has 1 saturated heterocycles. The number of carbonyl (C=O) groups is 1. The zero-order valence-corrected chi connectivity index (χ0v) is 13.0. The van der Waals surface area contributed by atoms with E-state index in [1.807, 2.05) is 0 Å². The molecule has 0 bridgehead atoms. The number of pyridine rings is 1. The van der Waals surface area contributed by atoms with Crippen LogP contribution in [0.5, 0.6) is 0 Å². The first-order valence-electron chi connectivity index (χ1n) is 6.28. The Morgan fingerprint density at radius 1 is 1.40 bits per heavy atom. The Morgan fingerprint density at radius 3 is 2.60 bits per heavy atom. The molecule has 1 aromatic rings. The third-order valence-corrected chi connectivity index (χ3v) is 4.19. The molecule has 1 aliphatic heterocycles. The van der Waals surface area contributed by atoms with Crippen LogP contribution in [0.25, 0.3) is 0 Å². The van der Waals surface area contributed by atoms with Crippen LogP contribution in [0, 0.1) is 5.41 Å². The third kappa shape index (κ3) is 3.55. The van der Waals surface area contributed by atoms with Crippen LogP contribution in [0.15, 0.2) is 12.1 Å². The average Bonchev–Trinajstić information content (AvgIpc) is 2.95. The molecule has 2 heterocycles. The van der Waals surface area contributed by atoms with Crippen molar-refractivity contribution < 1.29 is 9.53 Å². The van der Waals surface area contributed by atoms with E-state index < -0.39 is 0 Å². The van der Waals surface area contributed by atoms with Gasteiger partial charge in [-0.3, -0.25) is 4.79 Å². The fourth-order valence-electron chi connectivity index (χ4n) is 2.49. The molecule has 0 amide bonds. The van der Waals surface area contributed by atoms with E-state index in [0.29, 0.717) is 15.7 Å². The molecule has 1 atom stereocenters. The third-order valence-electron chi connectivity index (χ3n) is 3.81. The standard InChI is InChI=1S/C13H14Cl2N2O2.ClH/c14-10-3-8(4-11(15)17-10)6-19-12(18)9-5-13(1-2-13)7-16-9;/h3-4,9,16H,1-2,5-7H2;1H/t9-;/m0./s1. The van der Waals surface area contributed by atoms with Crippen LogP contribution < -0.4 is 5.32 Å². The topological polar surface area (TPSA) is 51.2 Å². The summed E-state index contributed by atoms with van der Waals surface area (Å²) in [6, 6.07) is 3.12. The summed E-state index contributed by atoms with van der Waals surface area (Å²) < 4.78 is 5.30. The van der Waals surface area contributed by atoms with Gasteiger partial charge in [-0.25, -0.2) is 4.98 Å². The highest BCUT2D eigenvalue weighted by Crippen LogP contribution is 2.51. The molecule has 0 radical (unpaired) electrons. The van der Waals surface area contributed by atoms with Crippen LogP contribution >= 0.6 is 35.6 Å². The Bertz CT molecular complexity index is 500. The normalized spacial score (nSPS) is 22.4. The Kier molecular flexibility index (Phi) is 4.80. The van der Waals surface area contributed by atoms with Crippen molar-refractivity contribution in [3.63, 3.8) is 0 Å². The van der Waals surface area contributed by atoms with Gasteiger partial charge in [0.05, 0.1) is 0 Å². The number of nitrogens with one attached hydrogen (secondary N) is 1. The number of carbonyl (C=O) groups excluding carboxylic acids is 1. The minimum Gasteiger partial charge on any atom is -0.460 e. The van der Waals surface area contributed by atoms with Crippen molar-refractivity contribution in [3.05, 3.63) is 28.0 Å². The maximum Gasteiger partial charge on any atom is 0.323 e. The van der Waals surface area contributed by atoms with Crippen molar-refractivity contribution in [3.8, 4) is 0 Å². The van der Waals surface area contributed by atoms with Crippen LogP contribution in [0.1, 0.15) is 24.8 Å². The zero-order valence-electron chi connectivity index (χ0n) is 10.7. The van der Waals surface area contributed by atoms with Gasteiger partial charge in [-0.2, -0.15) is 0 Å². The molecule has 2 fully saturated rings. The van der Waals surface area contributed by atoms with Gasteiger partial charge in [0.2, 0.25) is 0 Å². The zero-order chi connectivity index (χ0) is 13.5. The molecule has 1 spiro atoms. The fourth-order valence-corrected chi connectivity index (χ4v) is 3.00. The highest BCUT2D eigenvalue weighted by atomic mass is 35.5. The first-order valence-corrected chi connectivity index (χ1v) is 7.04. The first kappa shape index (κ1) is 15.8. The van der Waals surface area contributed by atoms with E-state index in [4.69, 9.17) is 27.9 Å². The van der Waals surface area contributed by atoms with Crippen LogP contribution in [-0.2, 0) is 16.1 Å². The number of nitrogens with zero attached hydrogens (tertiary/aromatic N) is 1. The summed E-state index contributed by atoms with van der Waals surface area (Å²) in [4.78, 5) is 15.8. The lowest BCUT2D eigenvalue weighted by atomic mass is 10.0. The fraction of sp³-hybridized carbons (Fsp3) is 0.538. The van der Waals surface area contributed by atoms with E-state index in [-0.39, 0.29) is 31.0 Å². The van der Waals surface area contributed by atoms with Crippen molar-refractivity contribution in [1.82, 2.24) is 10.3 Å². The van der Waals surface area contributed by atoms with Crippen LogP contribution in [0.2, 0.25) is 10.3 Å². The monoisotopic (exact) mass is 336 g/mol. The lowest BCUT2D eigenvalue weighted by Crippen LogP contribution is -2.32. The predicted octanol–water partition coefficient (Wildman–Crippen LogP) is 3.00. The quantitative estimate of drug-likeness (QED) is 0.680. The molecule has 3 rings (SSSR count). The van der Waals surface area contributed by atoms with Crippen molar-refractivity contribution >= 4 is 41.6 Å². The van der Waals surface area contributed by atoms with Crippen LogP contribution in [0.3, 0.4) is 0 Å². The summed E-state index contributed by atoms with van der Waals surface area (Å²) in [6.07, 6.45) is 3.34. The van der Waals surface area contributed by atoms with Crippen molar-refractivity contribution in [2.45, 2.75) is 31.9 Å². The SMILES string of the molecule is Cl.O=C(OCc1cc(Cl)nc(Cl)c1)[C@@H]1CC2(CC2)CN1. The minimum atomic E-state index is -0.201. The van der Waals surface area contributed by atoms with Gasteiger partial charge in [0.15, 0.2) is 0 Å². The molecular weight excluding hydrogens is 323 g/mol. The summed E-state index contributed by atoms with van der Waals surface area (Å²) in [5.41, 5.74) is 1.13. The summed E-state index contributed by atoms with van der Waals surface area (Å²) in [5.74, 6) is -0.201. The lowest BCUT2D eigenvalue weighted by Gasteiger charge is -2.10. The number of ether oxygens (including phenoxy) is 1. The van der Waals surface area contributed by atoms with Crippen molar-refractivity contribution in [2.75, 3.05) is 6.54 Å². The lowest BCUT2D eigenvalue weighted by molar-refractivity contribution is -0.147. The summed E-state index contributed by atoms with van der Waals surface area (Å²) >= 11 is 11.6. The highest BCUT2D eigenvalue weighted by molar-refractivity contribution is 6.32. The molecule has 1 aromatic heterocycles. The highest BCUT2D eigenvalue weighted by Gasteiger charge is 2.50. The van der Waals surface area contributed by atoms with E-state index in [0.717, 1.165) is 18.5 Å². The molecule has 1 saturated carbocycles. The average molecular weight is 338 g/mol. The van der Waals surface area contributed by atoms with E-state index in [1.54, 1.807) is 12.1 Å². The largest absolute Gasteiger partial charge is 0.460 e. The molecule has 110 valence electrons. The molecule has 2 aliphatic rings. The van der Waals surface area contributed by atoms with Crippen LogP contribution in [0.4, 0.5) is 0 Å². The maximum atomic E-state index is 11.9. The molecule has 7 heteroatoms. The number of hydrogen-bond donors (Lipinski definition) is 1. The summed E-state index contributed by atoms with van der Waals surface area (Å²) in [5, 5.41) is 3.83. The summed E-state index contributed by atoms with van der Waals surface area (Å²) in [6.45, 7) is 1.10. The minimum absolute atomic E-state index is 0. The molecule has 1 aliphatic carbocycles.